The molecule has 0 amide bonds. The van der Waals surface area contributed by atoms with E-state index in [0.717, 1.165) is 24.4 Å². The first kappa shape index (κ1) is 12.9. The zero-order valence-electron chi connectivity index (χ0n) is 11.3. The molecule has 0 aliphatic heterocycles. The van der Waals surface area contributed by atoms with E-state index in [4.69, 9.17) is 10.7 Å². The number of aromatic nitrogens is 2. The number of anilines is 1. The maximum Gasteiger partial charge on any atom is 0.150 e. The fourth-order valence-corrected chi connectivity index (χ4v) is 2.21. The summed E-state index contributed by atoms with van der Waals surface area (Å²) in [7, 11) is 2.11. The molecule has 0 aromatic carbocycles. The molecule has 4 heteroatoms. The number of hydrogen-bond donors (Lipinski definition) is 1. The van der Waals surface area contributed by atoms with E-state index in [1.807, 2.05) is 18.2 Å². The summed E-state index contributed by atoms with van der Waals surface area (Å²) in [4.78, 5) is 6.96. The first-order chi connectivity index (χ1) is 8.77. The van der Waals surface area contributed by atoms with Crippen LogP contribution in [0.15, 0.2) is 24.4 Å². The first-order valence-corrected chi connectivity index (χ1v) is 6.65. The molecule has 2 aromatic heterocycles. The molecule has 4 nitrogen and oxygen atoms in total. The van der Waals surface area contributed by atoms with Crippen LogP contribution in [0.4, 0.5) is 5.82 Å². The van der Waals surface area contributed by atoms with Gasteiger partial charge in [0.25, 0.3) is 0 Å². The van der Waals surface area contributed by atoms with Crippen molar-refractivity contribution in [3.8, 4) is 0 Å². The van der Waals surface area contributed by atoms with E-state index in [-0.39, 0.29) is 0 Å². The summed E-state index contributed by atoms with van der Waals surface area (Å²) in [5.74, 6) is 1.07. The van der Waals surface area contributed by atoms with Gasteiger partial charge in [-0.15, -0.1) is 0 Å². The smallest absolute Gasteiger partial charge is 0.150 e. The average molecular weight is 246 g/mol. The number of unbranched alkanes of at least 4 members (excludes halogenated alkanes) is 1. The van der Waals surface area contributed by atoms with Crippen LogP contribution >= 0.6 is 0 Å². The highest BCUT2D eigenvalue weighted by Gasteiger charge is 2.14. The third kappa shape index (κ3) is 2.48. The Labute approximate surface area is 108 Å². The van der Waals surface area contributed by atoms with Crippen LogP contribution in [0.25, 0.3) is 5.65 Å². The molecule has 0 bridgehead atoms. The molecule has 0 radical (unpaired) electrons. The largest absolute Gasteiger partial charge is 0.358 e. The fourth-order valence-electron chi connectivity index (χ4n) is 2.21. The van der Waals surface area contributed by atoms with Crippen molar-refractivity contribution in [3.05, 3.63) is 30.1 Å². The van der Waals surface area contributed by atoms with E-state index in [0.29, 0.717) is 6.54 Å². The minimum absolute atomic E-state index is 0.650. The van der Waals surface area contributed by atoms with Crippen LogP contribution in [0.2, 0.25) is 0 Å². The van der Waals surface area contributed by atoms with Gasteiger partial charge in [-0.2, -0.15) is 0 Å². The van der Waals surface area contributed by atoms with Gasteiger partial charge in [-0.25, -0.2) is 4.98 Å². The van der Waals surface area contributed by atoms with Gasteiger partial charge in [-0.05, 0) is 25.1 Å². The molecule has 2 N–H and O–H groups in total. The number of pyridine rings is 1. The van der Waals surface area contributed by atoms with E-state index in [2.05, 4.69) is 29.5 Å². The fraction of sp³-hybridized carbons (Fsp3) is 0.500. The molecule has 0 saturated carbocycles. The van der Waals surface area contributed by atoms with E-state index in [1.165, 1.54) is 18.5 Å². The molecule has 2 heterocycles. The molecular weight excluding hydrogens is 224 g/mol. The molecule has 0 fully saturated rings. The summed E-state index contributed by atoms with van der Waals surface area (Å²) >= 11 is 0. The number of rotatable bonds is 6. The third-order valence-corrected chi connectivity index (χ3v) is 3.20. The van der Waals surface area contributed by atoms with Crippen LogP contribution in [0.5, 0.6) is 0 Å². The third-order valence-electron chi connectivity index (χ3n) is 3.20. The second-order valence-corrected chi connectivity index (χ2v) is 4.62. The molecule has 0 saturated heterocycles. The Hall–Kier alpha value is -1.55. The van der Waals surface area contributed by atoms with E-state index >= 15 is 0 Å². The molecule has 0 spiro atoms. The van der Waals surface area contributed by atoms with Gasteiger partial charge in [0.1, 0.15) is 5.65 Å². The summed E-state index contributed by atoms with van der Waals surface area (Å²) in [6, 6.07) is 6.09. The summed E-state index contributed by atoms with van der Waals surface area (Å²) in [6.07, 6.45) is 5.30. The van der Waals surface area contributed by atoms with Gasteiger partial charge in [0.15, 0.2) is 5.82 Å². The predicted molar refractivity (Wildman–Crippen MR) is 76.1 cm³/mol. The van der Waals surface area contributed by atoms with Gasteiger partial charge in [0.2, 0.25) is 0 Å². The monoisotopic (exact) mass is 246 g/mol. The van der Waals surface area contributed by atoms with Crippen molar-refractivity contribution in [2.75, 3.05) is 25.0 Å². The molecular formula is C14H22N4. The lowest BCUT2D eigenvalue weighted by molar-refractivity contribution is 0.755. The highest BCUT2D eigenvalue weighted by Crippen LogP contribution is 2.21. The molecule has 98 valence electrons. The van der Waals surface area contributed by atoms with Crippen molar-refractivity contribution in [1.82, 2.24) is 9.38 Å². The van der Waals surface area contributed by atoms with Gasteiger partial charge in [0, 0.05) is 26.2 Å². The Kier molecular flexibility index (Phi) is 4.20. The summed E-state index contributed by atoms with van der Waals surface area (Å²) < 4.78 is 2.14. The number of hydrogen-bond acceptors (Lipinski definition) is 3. The lowest BCUT2D eigenvalue weighted by Crippen LogP contribution is -2.21. The van der Waals surface area contributed by atoms with Crippen LogP contribution in [-0.4, -0.2) is 29.5 Å². The van der Waals surface area contributed by atoms with Crippen LogP contribution in [0.3, 0.4) is 0 Å². The van der Waals surface area contributed by atoms with Crippen LogP contribution in [-0.2, 0) is 6.42 Å². The Morgan fingerprint density at radius 1 is 1.39 bits per heavy atom. The van der Waals surface area contributed by atoms with Crippen LogP contribution in [0.1, 0.15) is 25.5 Å². The Bertz CT molecular complexity index is 503. The molecule has 0 unspecified atom stereocenters. The molecule has 2 aromatic rings. The van der Waals surface area contributed by atoms with Gasteiger partial charge < -0.3 is 15.0 Å². The van der Waals surface area contributed by atoms with Gasteiger partial charge >= 0.3 is 0 Å². The second-order valence-electron chi connectivity index (χ2n) is 4.62. The van der Waals surface area contributed by atoms with Crippen molar-refractivity contribution in [2.24, 2.45) is 5.73 Å². The Morgan fingerprint density at radius 2 is 2.22 bits per heavy atom. The molecule has 0 atom stereocenters. The number of nitrogens with zero attached hydrogens (tertiary/aromatic N) is 3. The molecule has 18 heavy (non-hydrogen) atoms. The Balaban J connectivity index is 2.38. The molecule has 2 rings (SSSR count). The zero-order chi connectivity index (χ0) is 13.0. The maximum atomic E-state index is 5.72. The predicted octanol–water partition coefficient (Wildman–Crippen LogP) is 2.07. The molecule has 0 aliphatic carbocycles. The van der Waals surface area contributed by atoms with Crippen LogP contribution in [0, 0.1) is 0 Å². The number of imidazole rings is 1. The average Bonchev–Trinajstić information content (AvgIpc) is 2.76. The summed E-state index contributed by atoms with van der Waals surface area (Å²) in [5, 5.41) is 0. The number of fused-ring (bicyclic) bond motifs is 1. The standard InChI is InChI=1S/C14H22N4/c1-3-4-10-17(2)14-12(8-9-15)18-11-6-5-7-13(18)16-14/h5-7,11H,3-4,8-10,15H2,1-2H3. The minimum Gasteiger partial charge on any atom is -0.358 e. The van der Waals surface area contributed by atoms with E-state index in [1.54, 1.807) is 0 Å². The van der Waals surface area contributed by atoms with Gasteiger partial charge in [0.05, 0.1) is 5.69 Å². The Morgan fingerprint density at radius 3 is 2.94 bits per heavy atom. The van der Waals surface area contributed by atoms with E-state index in [9.17, 15) is 0 Å². The van der Waals surface area contributed by atoms with E-state index < -0.39 is 0 Å². The second kappa shape index (κ2) is 5.87. The van der Waals surface area contributed by atoms with Gasteiger partial charge in [-0.1, -0.05) is 19.4 Å². The number of nitrogens with two attached hydrogens (primary N) is 1. The maximum absolute atomic E-state index is 5.72. The topological polar surface area (TPSA) is 46.6 Å². The summed E-state index contributed by atoms with van der Waals surface area (Å²) in [5.41, 5.74) is 7.93. The summed E-state index contributed by atoms with van der Waals surface area (Å²) in [6.45, 7) is 3.90. The lowest BCUT2D eigenvalue weighted by Gasteiger charge is -2.17. The highest BCUT2D eigenvalue weighted by atomic mass is 15.2. The lowest BCUT2D eigenvalue weighted by atomic mass is 10.2. The van der Waals surface area contributed by atoms with Crippen molar-refractivity contribution >= 4 is 11.5 Å². The first-order valence-electron chi connectivity index (χ1n) is 6.65. The quantitative estimate of drug-likeness (QED) is 0.848. The van der Waals surface area contributed by atoms with Crippen molar-refractivity contribution in [1.29, 1.82) is 0 Å². The van der Waals surface area contributed by atoms with Crippen molar-refractivity contribution in [3.63, 3.8) is 0 Å². The van der Waals surface area contributed by atoms with Crippen molar-refractivity contribution in [2.45, 2.75) is 26.2 Å². The minimum atomic E-state index is 0.650. The normalized spacial score (nSPS) is 11.1. The van der Waals surface area contributed by atoms with Crippen molar-refractivity contribution < 1.29 is 0 Å². The zero-order valence-corrected chi connectivity index (χ0v) is 11.3. The SMILES string of the molecule is CCCCN(C)c1nc2ccccn2c1CCN. The van der Waals surface area contributed by atoms with Gasteiger partial charge in [-0.3, -0.25) is 0 Å². The van der Waals surface area contributed by atoms with Crippen LogP contribution < -0.4 is 10.6 Å². The highest BCUT2D eigenvalue weighted by molar-refractivity contribution is 5.55. The molecule has 0 aliphatic rings.